The van der Waals surface area contributed by atoms with Gasteiger partial charge >= 0.3 is 0 Å². The number of phenols is 1. The number of nitro groups is 1. The van der Waals surface area contributed by atoms with Crippen molar-refractivity contribution in [3.8, 4) is 17.6 Å². The van der Waals surface area contributed by atoms with E-state index in [1.807, 2.05) is 0 Å². The largest absolute Gasteiger partial charge is 0.507 e. The highest BCUT2D eigenvalue weighted by molar-refractivity contribution is 6.32. The van der Waals surface area contributed by atoms with Gasteiger partial charge in [0.25, 0.3) is 5.69 Å². The molecule has 2 fully saturated rings. The zero-order valence-corrected chi connectivity index (χ0v) is 22.0. The molecule has 0 saturated heterocycles. The van der Waals surface area contributed by atoms with Gasteiger partial charge in [0.15, 0.2) is 34.7 Å². The van der Waals surface area contributed by atoms with E-state index in [0.717, 1.165) is 0 Å². The summed E-state index contributed by atoms with van der Waals surface area (Å²) in [7, 11) is 3.03. The van der Waals surface area contributed by atoms with E-state index in [4.69, 9.17) is 5.73 Å². The lowest BCUT2D eigenvalue weighted by Gasteiger charge is -2.52. The van der Waals surface area contributed by atoms with Crippen LogP contribution >= 0.6 is 0 Å². The van der Waals surface area contributed by atoms with Crippen LogP contribution in [0.25, 0.3) is 0 Å². The molecule has 2 aromatic carbocycles. The molecule has 0 radical (unpaired) electrons. The molecule has 12 nitrogen and oxygen atoms in total. The van der Waals surface area contributed by atoms with Crippen molar-refractivity contribution < 1.29 is 39.1 Å². The van der Waals surface area contributed by atoms with Crippen LogP contribution in [0.15, 0.2) is 36.4 Å². The quantitative estimate of drug-likeness (QED) is 0.202. The summed E-state index contributed by atoms with van der Waals surface area (Å²) in [6.45, 7) is 0. The standard InChI is InChI=1S/C29H25N3O9/c1-31(2)23-18-12-15-11-17-14(6-3-13-4-8-16(9-5-13)32(40)41)7-10-19(33)21(17)24(34)20(15)26(36)29(18,39)27(37)22(25(23)35)28(30)38/h4-5,7-10,15,18,20,22-23,33,39H,11-12H2,1-2H3,(H2,30,38)/t15-,18-,20?,22?,23-,29-/m0/s1. The topological polar surface area (TPSA) is 198 Å². The second kappa shape index (κ2) is 9.72. The molecule has 0 bridgehead atoms. The van der Waals surface area contributed by atoms with Crippen molar-refractivity contribution in [2.24, 2.45) is 29.4 Å². The molecular formula is C29H25N3O9. The minimum Gasteiger partial charge on any atom is -0.507 e. The summed E-state index contributed by atoms with van der Waals surface area (Å²) in [5, 5.41) is 33.1. The van der Waals surface area contributed by atoms with Gasteiger partial charge < -0.3 is 15.9 Å². The highest BCUT2D eigenvalue weighted by Crippen LogP contribution is 2.50. The van der Waals surface area contributed by atoms with Crippen LogP contribution in [-0.2, 0) is 25.6 Å². The van der Waals surface area contributed by atoms with E-state index in [-0.39, 0.29) is 24.1 Å². The van der Waals surface area contributed by atoms with Gasteiger partial charge in [-0.15, -0.1) is 0 Å². The van der Waals surface area contributed by atoms with Crippen LogP contribution in [0.3, 0.4) is 0 Å². The van der Waals surface area contributed by atoms with Gasteiger partial charge in [0.05, 0.1) is 22.4 Å². The number of aromatic hydroxyl groups is 1. The van der Waals surface area contributed by atoms with Crippen LogP contribution in [0.4, 0.5) is 5.69 Å². The Morgan fingerprint density at radius 1 is 1.07 bits per heavy atom. The summed E-state index contributed by atoms with van der Waals surface area (Å²) < 4.78 is 0. The van der Waals surface area contributed by atoms with Gasteiger partial charge in [0, 0.05) is 29.2 Å². The molecule has 4 N–H and O–H groups in total. The highest BCUT2D eigenvalue weighted by Gasteiger charge is 2.69. The molecule has 210 valence electrons. The lowest BCUT2D eigenvalue weighted by atomic mass is 9.52. The molecule has 1 amide bonds. The first kappa shape index (κ1) is 27.8. The normalized spacial score (nSPS) is 28.7. The predicted octanol–water partition coefficient (Wildman–Crippen LogP) is 0.175. The summed E-state index contributed by atoms with van der Waals surface area (Å²) >= 11 is 0. The number of nitrogens with two attached hydrogens (primary N) is 1. The molecule has 12 heteroatoms. The highest BCUT2D eigenvalue weighted by atomic mass is 16.6. The number of ketones is 4. The predicted molar refractivity (Wildman–Crippen MR) is 140 cm³/mol. The van der Waals surface area contributed by atoms with Crippen molar-refractivity contribution in [1.29, 1.82) is 0 Å². The molecular weight excluding hydrogens is 534 g/mol. The molecule has 2 saturated carbocycles. The number of nitrogens with zero attached hydrogens (tertiary/aromatic N) is 2. The molecule has 0 heterocycles. The summed E-state index contributed by atoms with van der Waals surface area (Å²) in [6.07, 6.45) is -0.000709. The van der Waals surface area contributed by atoms with Crippen LogP contribution in [0.2, 0.25) is 0 Å². The van der Waals surface area contributed by atoms with Crippen molar-refractivity contribution in [1.82, 2.24) is 4.90 Å². The minimum absolute atomic E-state index is 0.0739. The number of likely N-dealkylation sites (N-methyl/N-ethyl adjacent to an activating group) is 1. The van der Waals surface area contributed by atoms with Crippen LogP contribution in [0.5, 0.6) is 5.75 Å². The van der Waals surface area contributed by atoms with E-state index in [1.165, 1.54) is 55.4 Å². The monoisotopic (exact) mass is 559 g/mol. The number of hydrogen-bond donors (Lipinski definition) is 3. The molecule has 0 spiro atoms. The fraction of sp³-hybridized carbons (Fsp3) is 0.345. The van der Waals surface area contributed by atoms with E-state index in [0.29, 0.717) is 16.7 Å². The number of primary amides is 1. The summed E-state index contributed by atoms with van der Waals surface area (Å²) in [4.78, 5) is 77.9. The van der Waals surface area contributed by atoms with E-state index < -0.39 is 75.0 Å². The average Bonchev–Trinajstić information content (AvgIpc) is 2.90. The van der Waals surface area contributed by atoms with Crippen molar-refractivity contribution in [2.45, 2.75) is 24.5 Å². The zero-order chi connectivity index (χ0) is 30.0. The number of aliphatic hydroxyl groups is 1. The lowest BCUT2D eigenvalue weighted by Crippen LogP contribution is -2.74. The molecule has 2 aromatic rings. The minimum atomic E-state index is -2.79. The average molecular weight is 560 g/mol. The third-order valence-electron chi connectivity index (χ3n) is 8.36. The van der Waals surface area contributed by atoms with Gasteiger partial charge in [-0.25, -0.2) is 0 Å². The van der Waals surface area contributed by atoms with E-state index in [2.05, 4.69) is 11.8 Å². The Hall–Kier alpha value is -4.73. The number of fused-ring (bicyclic) bond motifs is 3. The number of non-ortho nitro benzene ring substituents is 1. The molecule has 6 atom stereocenters. The summed E-state index contributed by atoms with van der Waals surface area (Å²) in [6, 6.07) is 7.11. The maximum absolute atomic E-state index is 13.8. The SMILES string of the molecule is CN(C)[C@@H]1C(=O)C(C(N)=O)C(=O)[C@@]2(O)C(=O)C3C(=O)c4c(O)ccc(C#Cc5ccc([N+](=O)[O-])cc5)c4C[C@H]3C[C@@H]12. The Balaban J connectivity index is 1.58. The second-order valence-electron chi connectivity index (χ2n) is 10.8. The molecule has 2 unspecified atom stereocenters. The van der Waals surface area contributed by atoms with Gasteiger partial charge in [-0.2, -0.15) is 0 Å². The third-order valence-corrected chi connectivity index (χ3v) is 8.36. The first-order valence-electron chi connectivity index (χ1n) is 12.7. The number of hydrogen-bond acceptors (Lipinski definition) is 10. The molecule has 0 aromatic heterocycles. The molecule has 0 aliphatic heterocycles. The summed E-state index contributed by atoms with van der Waals surface area (Å²) in [5.41, 5.74) is 3.48. The Labute approximate surface area is 233 Å². The molecule has 41 heavy (non-hydrogen) atoms. The van der Waals surface area contributed by atoms with Crippen LogP contribution in [-0.4, -0.2) is 74.8 Å². The Bertz CT molecular complexity index is 1620. The summed E-state index contributed by atoms with van der Waals surface area (Å²) in [5.74, 6) is -5.45. The Kier molecular flexibility index (Phi) is 6.60. The van der Waals surface area contributed by atoms with Gasteiger partial charge in [-0.05, 0) is 62.7 Å². The number of benzene rings is 2. The van der Waals surface area contributed by atoms with Crippen molar-refractivity contribution >= 4 is 34.7 Å². The number of nitro benzene ring substituents is 1. The fourth-order valence-electron chi connectivity index (χ4n) is 6.53. The van der Waals surface area contributed by atoms with E-state index in [1.54, 1.807) is 0 Å². The van der Waals surface area contributed by atoms with Crippen LogP contribution in [0.1, 0.15) is 33.5 Å². The first-order valence-corrected chi connectivity index (χ1v) is 12.7. The molecule has 3 aliphatic rings. The van der Waals surface area contributed by atoms with Crippen molar-refractivity contribution in [2.75, 3.05) is 14.1 Å². The van der Waals surface area contributed by atoms with Gasteiger partial charge in [0.1, 0.15) is 5.75 Å². The zero-order valence-electron chi connectivity index (χ0n) is 22.0. The van der Waals surface area contributed by atoms with Gasteiger partial charge in [-0.1, -0.05) is 11.8 Å². The Morgan fingerprint density at radius 3 is 2.32 bits per heavy atom. The Morgan fingerprint density at radius 2 is 1.73 bits per heavy atom. The van der Waals surface area contributed by atoms with Crippen molar-refractivity contribution in [3.63, 3.8) is 0 Å². The number of rotatable bonds is 3. The van der Waals surface area contributed by atoms with E-state index >= 15 is 0 Å². The molecule has 5 rings (SSSR count). The van der Waals surface area contributed by atoms with E-state index in [9.17, 15) is 44.3 Å². The van der Waals surface area contributed by atoms with Gasteiger partial charge in [0.2, 0.25) is 5.91 Å². The van der Waals surface area contributed by atoms with Crippen LogP contribution < -0.4 is 5.73 Å². The van der Waals surface area contributed by atoms with Crippen molar-refractivity contribution in [3.05, 3.63) is 68.8 Å². The fourth-order valence-corrected chi connectivity index (χ4v) is 6.53. The number of Topliss-reactive ketones (excluding diaryl/α,β-unsaturated/α-hetero) is 4. The van der Waals surface area contributed by atoms with Crippen LogP contribution in [0, 0.1) is 45.6 Å². The third kappa shape index (κ3) is 4.13. The number of phenolic OH excluding ortho intramolecular Hbond substituents is 1. The smallest absolute Gasteiger partial charge is 0.269 e. The number of carbonyl (C=O) groups is 5. The first-order chi connectivity index (χ1) is 19.3. The molecule has 3 aliphatic carbocycles. The second-order valence-corrected chi connectivity index (χ2v) is 10.8. The number of amides is 1. The maximum atomic E-state index is 13.8. The number of carbonyl (C=O) groups excluding carboxylic acids is 5. The maximum Gasteiger partial charge on any atom is 0.269 e. The lowest BCUT2D eigenvalue weighted by molar-refractivity contribution is -0.384. The van der Waals surface area contributed by atoms with Gasteiger partial charge in [-0.3, -0.25) is 39.0 Å².